The van der Waals surface area contributed by atoms with Gasteiger partial charge in [-0.05, 0) is 24.1 Å². The van der Waals surface area contributed by atoms with Crippen molar-refractivity contribution in [1.82, 2.24) is 0 Å². The smallest absolute Gasteiger partial charge is 0.310 e. The quantitative estimate of drug-likeness (QED) is 0.446. The predicted molar refractivity (Wildman–Crippen MR) is 66.6 cm³/mol. The van der Waals surface area contributed by atoms with Crippen LogP contribution in [0.3, 0.4) is 0 Å². The standard InChI is InChI=1S/C13H19NO3/c1-2-6-16-7-8-17-13(15)10-11-4-3-5-12(14)9-11/h3-5,9H,2,6-8,10,14H2,1H3. The van der Waals surface area contributed by atoms with E-state index in [-0.39, 0.29) is 12.4 Å². The zero-order valence-corrected chi connectivity index (χ0v) is 10.1. The van der Waals surface area contributed by atoms with E-state index in [1.165, 1.54) is 0 Å². The van der Waals surface area contributed by atoms with Gasteiger partial charge in [-0.3, -0.25) is 4.79 Å². The van der Waals surface area contributed by atoms with E-state index in [1.54, 1.807) is 12.1 Å². The van der Waals surface area contributed by atoms with E-state index in [0.29, 0.717) is 25.5 Å². The normalized spacial score (nSPS) is 10.2. The first-order valence-electron chi connectivity index (χ1n) is 5.80. The SMILES string of the molecule is CCCOCCOC(=O)Cc1cccc(N)c1. The van der Waals surface area contributed by atoms with E-state index in [9.17, 15) is 4.79 Å². The Morgan fingerprint density at radius 2 is 2.12 bits per heavy atom. The fourth-order valence-electron chi connectivity index (χ4n) is 1.38. The monoisotopic (exact) mass is 237 g/mol. The second-order valence-corrected chi connectivity index (χ2v) is 3.75. The van der Waals surface area contributed by atoms with Crippen molar-refractivity contribution in [2.75, 3.05) is 25.6 Å². The van der Waals surface area contributed by atoms with E-state index >= 15 is 0 Å². The maximum absolute atomic E-state index is 11.4. The molecule has 0 heterocycles. The van der Waals surface area contributed by atoms with Gasteiger partial charge in [0.15, 0.2) is 0 Å². The number of esters is 1. The van der Waals surface area contributed by atoms with Crippen LogP contribution in [0, 0.1) is 0 Å². The number of hydrogen-bond donors (Lipinski definition) is 1. The number of ether oxygens (including phenoxy) is 2. The summed E-state index contributed by atoms with van der Waals surface area (Å²) in [7, 11) is 0. The van der Waals surface area contributed by atoms with E-state index in [1.807, 2.05) is 19.1 Å². The lowest BCUT2D eigenvalue weighted by atomic mass is 10.1. The van der Waals surface area contributed by atoms with Crippen molar-refractivity contribution in [3.8, 4) is 0 Å². The van der Waals surface area contributed by atoms with Crippen LogP contribution in [0.2, 0.25) is 0 Å². The van der Waals surface area contributed by atoms with Crippen molar-refractivity contribution in [2.45, 2.75) is 19.8 Å². The summed E-state index contributed by atoms with van der Waals surface area (Å²) in [5, 5.41) is 0. The summed E-state index contributed by atoms with van der Waals surface area (Å²) in [4.78, 5) is 11.4. The molecule has 4 nitrogen and oxygen atoms in total. The van der Waals surface area contributed by atoms with Gasteiger partial charge in [0.1, 0.15) is 6.61 Å². The first-order valence-corrected chi connectivity index (χ1v) is 5.80. The third-order valence-electron chi connectivity index (χ3n) is 2.14. The third-order valence-corrected chi connectivity index (χ3v) is 2.14. The van der Waals surface area contributed by atoms with E-state index in [2.05, 4.69) is 0 Å². The average Bonchev–Trinajstić information content (AvgIpc) is 2.29. The minimum Gasteiger partial charge on any atom is -0.463 e. The van der Waals surface area contributed by atoms with Crippen molar-refractivity contribution >= 4 is 11.7 Å². The number of carbonyl (C=O) groups is 1. The topological polar surface area (TPSA) is 61.5 Å². The number of carbonyl (C=O) groups excluding carboxylic acids is 1. The van der Waals surface area contributed by atoms with Crippen molar-refractivity contribution < 1.29 is 14.3 Å². The second kappa shape index (κ2) is 7.68. The lowest BCUT2D eigenvalue weighted by molar-refractivity contribution is -0.144. The highest BCUT2D eigenvalue weighted by molar-refractivity contribution is 5.72. The molecule has 0 bridgehead atoms. The highest BCUT2D eigenvalue weighted by Crippen LogP contribution is 2.07. The molecule has 0 fully saturated rings. The molecule has 17 heavy (non-hydrogen) atoms. The Labute approximate surface area is 102 Å². The van der Waals surface area contributed by atoms with Crippen LogP contribution in [-0.4, -0.2) is 25.8 Å². The zero-order chi connectivity index (χ0) is 12.5. The van der Waals surface area contributed by atoms with Gasteiger partial charge in [-0.15, -0.1) is 0 Å². The van der Waals surface area contributed by atoms with Crippen molar-refractivity contribution in [3.05, 3.63) is 29.8 Å². The number of hydrogen-bond acceptors (Lipinski definition) is 4. The molecular weight excluding hydrogens is 218 g/mol. The lowest BCUT2D eigenvalue weighted by Gasteiger charge is -2.05. The summed E-state index contributed by atoms with van der Waals surface area (Å²) >= 11 is 0. The molecule has 1 rings (SSSR count). The number of benzene rings is 1. The van der Waals surface area contributed by atoms with Crippen molar-refractivity contribution in [1.29, 1.82) is 0 Å². The van der Waals surface area contributed by atoms with Gasteiger partial charge in [0.25, 0.3) is 0 Å². The molecule has 0 aromatic heterocycles. The Balaban J connectivity index is 2.21. The van der Waals surface area contributed by atoms with Gasteiger partial charge in [0, 0.05) is 12.3 Å². The van der Waals surface area contributed by atoms with Gasteiger partial charge in [-0.2, -0.15) is 0 Å². The molecule has 0 aliphatic rings. The fraction of sp³-hybridized carbons (Fsp3) is 0.462. The second-order valence-electron chi connectivity index (χ2n) is 3.75. The summed E-state index contributed by atoms with van der Waals surface area (Å²) in [6, 6.07) is 7.23. The highest BCUT2D eigenvalue weighted by atomic mass is 16.6. The Morgan fingerprint density at radius 3 is 2.82 bits per heavy atom. The molecule has 0 saturated carbocycles. The van der Waals surface area contributed by atoms with Gasteiger partial charge < -0.3 is 15.2 Å². The molecule has 0 aliphatic heterocycles. The number of rotatable bonds is 7. The molecule has 0 spiro atoms. The number of nitrogens with two attached hydrogens (primary N) is 1. The van der Waals surface area contributed by atoms with Gasteiger partial charge in [-0.1, -0.05) is 19.1 Å². The van der Waals surface area contributed by atoms with Crippen LogP contribution in [0.1, 0.15) is 18.9 Å². The third kappa shape index (κ3) is 5.92. The molecule has 0 radical (unpaired) electrons. The van der Waals surface area contributed by atoms with Gasteiger partial charge in [-0.25, -0.2) is 0 Å². The van der Waals surface area contributed by atoms with Gasteiger partial charge >= 0.3 is 5.97 Å². The predicted octanol–water partition coefficient (Wildman–Crippen LogP) is 1.78. The molecule has 1 aromatic carbocycles. The highest BCUT2D eigenvalue weighted by Gasteiger charge is 2.04. The largest absolute Gasteiger partial charge is 0.463 e. The van der Waals surface area contributed by atoms with Gasteiger partial charge in [0.2, 0.25) is 0 Å². The molecule has 4 heteroatoms. The minimum absolute atomic E-state index is 0.249. The van der Waals surface area contributed by atoms with Crippen LogP contribution < -0.4 is 5.73 Å². The fourth-order valence-corrected chi connectivity index (χ4v) is 1.38. The van der Waals surface area contributed by atoms with Gasteiger partial charge in [0.05, 0.1) is 13.0 Å². The Morgan fingerprint density at radius 1 is 1.29 bits per heavy atom. The first-order chi connectivity index (χ1) is 8.22. The molecule has 0 saturated heterocycles. The van der Waals surface area contributed by atoms with Crippen molar-refractivity contribution in [3.63, 3.8) is 0 Å². The lowest BCUT2D eigenvalue weighted by Crippen LogP contribution is -2.13. The van der Waals surface area contributed by atoms with Crippen LogP contribution in [-0.2, 0) is 20.7 Å². The Hall–Kier alpha value is -1.55. The summed E-state index contributed by atoms with van der Waals surface area (Å²) in [5.74, 6) is -0.254. The first kappa shape index (κ1) is 13.5. The summed E-state index contributed by atoms with van der Waals surface area (Å²) in [6.45, 7) is 3.50. The zero-order valence-electron chi connectivity index (χ0n) is 10.1. The molecule has 0 atom stereocenters. The van der Waals surface area contributed by atoms with E-state index in [4.69, 9.17) is 15.2 Å². The van der Waals surface area contributed by atoms with E-state index in [0.717, 1.165) is 12.0 Å². The molecule has 2 N–H and O–H groups in total. The molecule has 1 aromatic rings. The van der Waals surface area contributed by atoms with Crippen LogP contribution >= 0.6 is 0 Å². The number of anilines is 1. The van der Waals surface area contributed by atoms with Crippen LogP contribution in [0.5, 0.6) is 0 Å². The summed E-state index contributed by atoms with van der Waals surface area (Å²) in [6.07, 6.45) is 1.22. The maximum Gasteiger partial charge on any atom is 0.310 e. The minimum atomic E-state index is -0.254. The summed E-state index contributed by atoms with van der Waals surface area (Å²) in [5.41, 5.74) is 7.14. The van der Waals surface area contributed by atoms with Crippen LogP contribution in [0.15, 0.2) is 24.3 Å². The van der Waals surface area contributed by atoms with Crippen LogP contribution in [0.4, 0.5) is 5.69 Å². The van der Waals surface area contributed by atoms with E-state index < -0.39 is 0 Å². The summed E-state index contributed by atoms with van der Waals surface area (Å²) < 4.78 is 10.2. The van der Waals surface area contributed by atoms with Crippen LogP contribution in [0.25, 0.3) is 0 Å². The molecule has 94 valence electrons. The number of nitrogen functional groups attached to an aromatic ring is 1. The Kier molecular flexibility index (Phi) is 6.10. The molecule has 0 amide bonds. The molecule has 0 aliphatic carbocycles. The molecule has 0 unspecified atom stereocenters. The molecular formula is C13H19NO3. The Bertz CT molecular complexity index is 352. The maximum atomic E-state index is 11.4. The average molecular weight is 237 g/mol. The van der Waals surface area contributed by atoms with Crippen molar-refractivity contribution in [2.24, 2.45) is 0 Å².